The fraction of sp³-hybridized carbons (Fsp3) is 0.417. The summed E-state index contributed by atoms with van der Waals surface area (Å²) in [6.45, 7) is 0. The minimum Gasteiger partial charge on any atom is -0.211 e. The van der Waals surface area contributed by atoms with Crippen molar-refractivity contribution in [3.05, 3.63) is 35.1 Å². The number of rotatable bonds is 3. The molecule has 1 aliphatic rings. The maximum Gasteiger partial charge on any atom is 0.267 e. The molecule has 2 nitrogen and oxygen atoms in total. The normalized spacial score (nSPS) is 17.4. The summed E-state index contributed by atoms with van der Waals surface area (Å²) in [5, 5.41) is 0. The second-order valence-electron chi connectivity index (χ2n) is 4.09. The van der Waals surface area contributed by atoms with Gasteiger partial charge in [-0.1, -0.05) is 12.1 Å². The summed E-state index contributed by atoms with van der Waals surface area (Å²) in [6.07, 6.45) is 0.228. The van der Waals surface area contributed by atoms with Crippen LogP contribution in [0, 0.1) is 5.82 Å². The lowest BCUT2D eigenvalue weighted by Crippen LogP contribution is -2.33. The molecule has 0 spiro atoms. The molecular weight excluding hydrogens is 231 g/mol. The fourth-order valence-electron chi connectivity index (χ4n) is 2.21. The lowest BCUT2D eigenvalue weighted by Gasteiger charge is -2.38. The summed E-state index contributed by atoms with van der Waals surface area (Å²) in [5.41, 5.74) is -1.52. The second kappa shape index (κ2) is 4.34. The zero-order valence-electron chi connectivity index (χ0n) is 8.92. The molecule has 2 rings (SSSR count). The van der Waals surface area contributed by atoms with Crippen molar-refractivity contribution >= 4 is 6.08 Å². The summed E-state index contributed by atoms with van der Waals surface area (Å²) in [5.74, 6) is -0.954. The third-order valence-corrected chi connectivity index (χ3v) is 3.21. The van der Waals surface area contributed by atoms with E-state index in [1.807, 2.05) is 0 Å². The van der Waals surface area contributed by atoms with E-state index in [0.29, 0.717) is 12.8 Å². The van der Waals surface area contributed by atoms with Crippen LogP contribution in [-0.4, -0.2) is 6.08 Å². The van der Waals surface area contributed by atoms with Gasteiger partial charge in [0.1, 0.15) is 5.82 Å². The third kappa shape index (κ3) is 1.87. The first kappa shape index (κ1) is 11.9. The maximum absolute atomic E-state index is 13.4. The van der Waals surface area contributed by atoms with E-state index in [2.05, 4.69) is 4.99 Å². The zero-order chi connectivity index (χ0) is 12.5. The SMILES string of the molecule is O=C=NC1(c2cccc(F)c2C(F)F)CCC1. The maximum atomic E-state index is 13.4. The molecule has 1 aromatic rings. The Kier molecular flexibility index (Phi) is 3.03. The first-order valence-corrected chi connectivity index (χ1v) is 5.27. The molecule has 0 aliphatic heterocycles. The highest BCUT2D eigenvalue weighted by Crippen LogP contribution is 2.47. The van der Waals surface area contributed by atoms with Crippen molar-refractivity contribution in [1.29, 1.82) is 0 Å². The molecule has 0 amide bonds. The first-order valence-electron chi connectivity index (χ1n) is 5.27. The van der Waals surface area contributed by atoms with Crippen molar-refractivity contribution in [2.75, 3.05) is 0 Å². The average molecular weight is 241 g/mol. The van der Waals surface area contributed by atoms with Crippen LogP contribution in [0.4, 0.5) is 13.2 Å². The Hall–Kier alpha value is -1.61. The van der Waals surface area contributed by atoms with Gasteiger partial charge in [-0.25, -0.2) is 18.0 Å². The molecule has 0 saturated heterocycles. The third-order valence-electron chi connectivity index (χ3n) is 3.21. The van der Waals surface area contributed by atoms with Gasteiger partial charge in [-0.3, -0.25) is 0 Å². The Bertz CT molecular complexity index is 477. The summed E-state index contributed by atoms with van der Waals surface area (Å²) >= 11 is 0. The van der Waals surface area contributed by atoms with Crippen molar-refractivity contribution in [3.8, 4) is 0 Å². The Labute approximate surface area is 96.2 Å². The van der Waals surface area contributed by atoms with Gasteiger partial charge >= 0.3 is 0 Å². The van der Waals surface area contributed by atoms with E-state index in [-0.39, 0.29) is 5.56 Å². The largest absolute Gasteiger partial charge is 0.267 e. The lowest BCUT2D eigenvalue weighted by molar-refractivity contribution is 0.138. The Morgan fingerprint density at radius 3 is 2.53 bits per heavy atom. The van der Waals surface area contributed by atoms with Crippen LogP contribution >= 0.6 is 0 Å². The summed E-state index contributed by atoms with van der Waals surface area (Å²) in [7, 11) is 0. The number of hydrogen-bond acceptors (Lipinski definition) is 2. The minimum absolute atomic E-state index is 0.113. The standard InChI is InChI=1S/C12H10F3NO/c13-9-4-1-3-8(10(9)11(14)15)12(16-7-17)5-2-6-12/h1,3-4,11H,2,5-6H2. The van der Waals surface area contributed by atoms with Crippen molar-refractivity contribution < 1.29 is 18.0 Å². The number of hydrogen-bond donors (Lipinski definition) is 0. The van der Waals surface area contributed by atoms with Crippen molar-refractivity contribution in [2.45, 2.75) is 31.2 Å². The second-order valence-corrected chi connectivity index (χ2v) is 4.09. The number of alkyl halides is 2. The highest BCUT2D eigenvalue weighted by atomic mass is 19.3. The molecule has 1 saturated carbocycles. The number of carbonyl (C=O) groups excluding carboxylic acids is 1. The van der Waals surface area contributed by atoms with E-state index in [9.17, 15) is 18.0 Å². The van der Waals surface area contributed by atoms with Gasteiger partial charge < -0.3 is 0 Å². The van der Waals surface area contributed by atoms with Crippen LogP contribution in [0.1, 0.15) is 36.8 Å². The molecule has 0 radical (unpaired) electrons. The van der Waals surface area contributed by atoms with Crippen molar-refractivity contribution in [3.63, 3.8) is 0 Å². The van der Waals surface area contributed by atoms with Crippen LogP contribution in [-0.2, 0) is 10.3 Å². The Balaban J connectivity index is 2.58. The summed E-state index contributed by atoms with van der Waals surface area (Å²) < 4.78 is 39.1. The molecule has 0 aromatic heterocycles. The Morgan fingerprint density at radius 2 is 2.06 bits per heavy atom. The van der Waals surface area contributed by atoms with Gasteiger partial charge in [0, 0.05) is 0 Å². The quantitative estimate of drug-likeness (QED) is 0.588. The molecule has 0 bridgehead atoms. The molecule has 0 heterocycles. The molecule has 90 valence electrons. The van der Waals surface area contributed by atoms with E-state index >= 15 is 0 Å². The van der Waals surface area contributed by atoms with Crippen LogP contribution < -0.4 is 0 Å². The molecule has 1 aromatic carbocycles. The fourth-order valence-corrected chi connectivity index (χ4v) is 2.21. The molecular formula is C12H10F3NO. The zero-order valence-corrected chi connectivity index (χ0v) is 8.92. The van der Waals surface area contributed by atoms with Gasteiger partial charge in [-0.15, -0.1) is 0 Å². The number of isocyanates is 1. The molecule has 0 N–H and O–H groups in total. The molecule has 1 aliphatic carbocycles. The van der Waals surface area contributed by atoms with Crippen LogP contribution in [0.3, 0.4) is 0 Å². The van der Waals surface area contributed by atoms with E-state index in [1.54, 1.807) is 0 Å². The molecule has 17 heavy (non-hydrogen) atoms. The topological polar surface area (TPSA) is 29.4 Å². The highest BCUT2D eigenvalue weighted by Gasteiger charge is 2.42. The van der Waals surface area contributed by atoms with Crippen LogP contribution in [0.5, 0.6) is 0 Å². The predicted octanol–water partition coefficient (Wildman–Crippen LogP) is 3.48. The number of benzene rings is 1. The van der Waals surface area contributed by atoms with E-state index in [1.165, 1.54) is 18.2 Å². The van der Waals surface area contributed by atoms with E-state index < -0.39 is 23.3 Å². The molecule has 5 heteroatoms. The van der Waals surface area contributed by atoms with Crippen LogP contribution in [0.15, 0.2) is 23.2 Å². The minimum atomic E-state index is -2.91. The predicted molar refractivity (Wildman–Crippen MR) is 55.0 cm³/mol. The highest BCUT2D eigenvalue weighted by molar-refractivity contribution is 5.43. The number of nitrogens with zero attached hydrogens (tertiary/aromatic N) is 1. The average Bonchev–Trinajstić information content (AvgIpc) is 2.22. The number of halogens is 3. The van der Waals surface area contributed by atoms with E-state index in [4.69, 9.17) is 0 Å². The van der Waals surface area contributed by atoms with Crippen molar-refractivity contribution in [1.82, 2.24) is 0 Å². The van der Waals surface area contributed by atoms with Gasteiger partial charge in [0.2, 0.25) is 6.08 Å². The lowest BCUT2D eigenvalue weighted by atomic mass is 9.71. The van der Waals surface area contributed by atoms with Gasteiger partial charge in [0.05, 0.1) is 11.1 Å². The summed E-state index contributed by atoms with van der Waals surface area (Å²) in [4.78, 5) is 14.0. The van der Waals surface area contributed by atoms with Crippen LogP contribution in [0.2, 0.25) is 0 Å². The van der Waals surface area contributed by atoms with E-state index in [0.717, 1.165) is 12.5 Å². The van der Waals surface area contributed by atoms with Gasteiger partial charge in [-0.2, -0.15) is 4.99 Å². The molecule has 0 unspecified atom stereocenters. The summed E-state index contributed by atoms with van der Waals surface area (Å²) in [6, 6.07) is 3.75. The first-order chi connectivity index (χ1) is 8.10. The van der Waals surface area contributed by atoms with Gasteiger partial charge in [0.15, 0.2) is 0 Å². The van der Waals surface area contributed by atoms with Gasteiger partial charge in [0.25, 0.3) is 6.43 Å². The molecule has 0 atom stereocenters. The van der Waals surface area contributed by atoms with Crippen molar-refractivity contribution in [2.24, 2.45) is 4.99 Å². The monoisotopic (exact) mass is 241 g/mol. The molecule has 1 fully saturated rings. The van der Waals surface area contributed by atoms with Crippen LogP contribution in [0.25, 0.3) is 0 Å². The van der Waals surface area contributed by atoms with Gasteiger partial charge in [-0.05, 0) is 30.9 Å². The Morgan fingerprint density at radius 1 is 1.35 bits per heavy atom. The smallest absolute Gasteiger partial charge is 0.211 e. The number of aliphatic imine (C=N–C) groups is 1.